The number of hydrogen-bond acceptors (Lipinski definition) is 5. The first-order valence-electron chi connectivity index (χ1n) is 8.13. The first-order chi connectivity index (χ1) is 11.9. The Bertz CT molecular complexity index is 944. The monoisotopic (exact) mass is 362 g/mol. The molecule has 0 atom stereocenters. The van der Waals surface area contributed by atoms with Crippen LogP contribution in [0.1, 0.15) is 36.0 Å². The molecule has 2 amide bonds. The van der Waals surface area contributed by atoms with Gasteiger partial charge in [0, 0.05) is 17.3 Å². The molecule has 7 nitrogen and oxygen atoms in total. The molecule has 4 rings (SSSR count). The lowest BCUT2D eigenvalue weighted by Crippen LogP contribution is -2.34. The lowest BCUT2D eigenvalue weighted by molar-refractivity contribution is 0.150. The number of sulfonamides is 1. The SMILES string of the molecule is O=C(Nc1cccc2c1CCC2)NS(=O)(=O)c1cc(C2(O)CC2)co1. The molecular formula is C17H18N2O5S. The number of furan rings is 1. The molecule has 1 heterocycles. The first-order valence-corrected chi connectivity index (χ1v) is 9.62. The number of amides is 2. The molecule has 3 N–H and O–H groups in total. The molecule has 0 unspecified atom stereocenters. The van der Waals surface area contributed by atoms with Crippen LogP contribution in [0.4, 0.5) is 10.5 Å². The van der Waals surface area contributed by atoms with Crippen molar-refractivity contribution in [1.82, 2.24) is 4.72 Å². The number of urea groups is 1. The van der Waals surface area contributed by atoms with E-state index in [-0.39, 0.29) is 0 Å². The van der Waals surface area contributed by atoms with Gasteiger partial charge in [0.2, 0.25) is 5.09 Å². The third-order valence-electron chi connectivity index (χ3n) is 4.72. The van der Waals surface area contributed by atoms with Crippen molar-refractivity contribution in [2.45, 2.75) is 42.8 Å². The van der Waals surface area contributed by atoms with E-state index in [0.717, 1.165) is 24.8 Å². The highest BCUT2D eigenvalue weighted by atomic mass is 32.2. The van der Waals surface area contributed by atoms with Crippen molar-refractivity contribution in [3.05, 3.63) is 47.2 Å². The first kappa shape index (κ1) is 16.2. The van der Waals surface area contributed by atoms with Crippen LogP contribution in [0.15, 0.2) is 40.0 Å². The summed E-state index contributed by atoms with van der Waals surface area (Å²) in [6, 6.07) is 6.01. The van der Waals surface area contributed by atoms with Gasteiger partial charge in [-0.1, -0.05) is 12.1 Å². The number of benzene rings is 1. The minimum atomic E-state index is -4.15. The van der Waals surface area contributed by atoms with E-state index in [4.69, 9.17) is 4.42 Å². The molecule has 0 bridgehead atoms. The fourth-order valence-electron chi connectivity index (χ4n) is 3.17. The lowest BCUT2D eigenvalue weighted by Gasteiger charge is -2.11. The Labute approximate surface area is 145 Å². The van der Waals surface area contributed by atoms with Crippen molar-refractivity contribution >= 4 is 21.7 Å². The van der Waals surface area contributed by atoms with Gasteiger partial charge >= 0.3 is 6.03 Å². The van der Waals surface area contributed by atoms with Crippen molar-refractivity contribution < 1.29 is 22.7 Å². The molecule has 1 aromatic carbocycles. The Morgan fingerprint density at radius 3 is 2.80 bits per heavy atom. The lowest BCUT2D eigenvalue weighted by atomic mass is 10.1. The molecule has 8 heteroatoms. The summed E-state index contributed by atoms with van der Waals surface area (Å²) < 4.78 is 31.5. The van der Waals surface area contributed by atoms with Crippen LogP contribution in [0.25, 0.3) is 0 Å². The van der Waals surface area contributed by atoms with Crippen LogP contribution in [0.3, 0.4) is 0 Å². The average molecular weight is 362 g/mol. The Kier molecular flexibility index (Phi) is 3.62. The number of aryl methyl sites for hydroxylation is 1. The molecule has 0 saturated heterocycles. The number of rotatable bonds is 4. The Hall–Kier alpha value is -2.32. The Balaban J connectivity index is 1.48. The fourth-order valence-corrected chi connectivity index (χ4v) is 4.02. The highest BCUT2D eigenvalue weighted by molar-refractivity contribution is 7.89. The van der Waals surface area contributed by atoms with Gasteiger partial charge < -0.3 is 14.8 Å². The molecular weight excluding hydrogens is 344 g/mol. The van der Waals surface area contributed by atoms with Gasteiger partial charge in [-0.05, 0) is 49.3 Å². The summed E-state index contributed by atoms with van der Waals surface area (Å²) in [4.78, 5) is 12.1. The zero-order valence-corrected chi connectivity index (χ0v) is 14.2. The van der Waals surface area contributed by atoms with E-state index in [1.165, 1.54) is 17.9 Å². The van der Waals surface area contributed by atoms with Crippen LogP contribution in [-0.2, 0) is 28.5 Å². The minimum absolute atomic E-state index is 0.392. The number of nitrogens with one attached hydrogen (secondary N) is 2. The highest BCUT2D eigenvalue weighted by Gasteiger charge is 2.44. The summed E-state index contributed by atoms with van der Waals surface area (Å²) >= 11 is 0. The zero-order valence-electron chi connectivity index (χ0n) is 13.4. The maximum atomic E-state index is 12.3. The second kappa shape index (κ2) is 5.60. The summed E-state index contributed by atoms with van der Waals surface area (Å²) in [7, 11) is -4.15. The molecule has 2 aliphatic rings. The normalized spacial score (nSPS) is 17.8. The van der Waals surface area contributed by atoms with Crippen LogP contribution >= 0.6 is 0 Å². The predicted octanol–water partition coefficient (Wildman–Crippen LogP) is 2.26. The molecule has 2 aliphatic carbocycles. The largest absolute Gasteiger partial charge is 0.451 e. The third kappa shape index (κ3) is 3.03. The van der Waals surface area contributed by atoms with E-state index in [0.29, 0.717) is 24.1 Å². The minimum Gasteiger partial charge on any atom is -0.451 e. The molecule has 0 spiro atoms. The Morgan fingerprint density at radius 2 is 2.04 bits per heavy atom. The highest BCUT2D eigenvalue weighted by Crippen LogP contribution is 2.46. The van der Waals surface area contributed by atoms with E-state index >= 15 is 0 Å². The van der Waals surface area contributed by atoms with E-state index in [1.54, 1.807) is 6.07 Å². The van der Waals surface area contributed by atoms with Gasteiger partial charge in [0.05, 0.1) is 11.9 Å². The van der Waals surface area contributed by atoms with Crippen molar-refractivity contribution in [3.8, 4) is 0 Å². The number of anilines is 1. The van der Waals surface area contributed by atoms with Crippen molar-refractivity contribution in [2.75, 3.05) is 5.32 Å². The molecule has 0 radical (unpaired) electrons. The van der Waals surface area contributed by atoms with Crippen molar-refractivity contribution in [1.29, 1.82) is 0 Å². The van der Waals surface area contributed by atoms with E-state index in [1.807, 2.05) is 16.9 Å². The number of fused-ring (bicyclic) bond motifs is 1. The molecule has 25 heavy (non-hydrogen) atoms. The molecule has 0 aliphatic heterocycles. The number of carbonyl (C=O) groups excluding carboxylic acids is 1. The van der Waals surface area contributed by atoms with Crippen LogP contribution < -0.4 is 10.0 Å². The van der Waals surface area contributed by atoms with Gasteiger partial charge in [0.25, 0.3) is 10.0 Å². The van der Waals surface area contributed by atoms with Gasteiger partial charge in [-0.15, -0.1) is 0 Å². The maximum absolute atomic E-state index is 12.3. The number of hydrogen-bond donors (Lipinski definition) is 3. The fraction of sp³-hybridized carbons (Fsp3) is 0.353. The van der Waals surface area contributed by atoms with Crippen LogP contribution in [0, 0.1) is 0 Å². The molecule has 1 aromatic heterocycles. The van der Waals surface area contributed by atoms with Gasteiger partial charge in [-0.3, -0.25) is 0 Å². The van der Waals surface area contributed by atoms with Crippen LogP contribution in [0.5, 0.6) is 0 Å². The molecule has 132 valence electrons. The number of carbonyl (C=O) groups is 1. The Morgan fingerprint density at radius 1 is 1.24 bits per heavy atom. The smallest absolute Gasteiger partial charge is 0.333 e. The zero-order chi connectivity index (χ0) is 17.7. The molecule has 1 fully saturated rings. The van der Waals surface area contributed by atoms with E-state index in [9.17, 15) is 18.3 Å². The van der Waals surface area contributed by atoms with Gasteiger partial charge in [0.1, 0.15) is 0 Å². The second-order valence-corrected chi connectivity index (χ2v) is 8.16. The van der Waals surface area contributed by atoms with E-state index < -0.39 is 26.7 Å². The summed E-state index contributed by atoms with van der Waals surface area (Å²) in [5.74, 6) is 0. The van der Waals surface area contributed by atoms with Crippen molar-refractivity contribution in [2.24, 2.45) is 0 Å². The summed E-state index contributed by atoms with van der Waals surface area (Å²) in [6.45, 7) is 0. The second-order valence-electron chi connectivity index (χ2n) is 6.54. The molecule has 2 aromatic rings. The summed E-state index contributed by atoms with van der Waals surface area (Å²) in [5, 5.41) is 12.2. The van der Waals surface area contributed by atoms with Gasteiger partial charge in [-0.2, -0.15) is 8.42 Å². The van der Waals surface area contributed by atoms with Gasteiger partial charge in [-0.25, -0.2) is 9.52 Å². The van der Waals surface area contributed by atoms with Crippen LogP contribution in [0.2, 0.25) is 0 Å². The summed E-state index contributed by atoms with van der Waals surface area (Å²) in [6.07, 6.45) is 5.19. The van der Waals surface area contributed by atoms with E-state index in [2.05, 4.69) is 5.32 Å². The van der Waals surface area contributed by atoms with Gasteiger partial charge in [0.15, 0.2) is 0 Å². The average Bonchev–Trinajstić information content (AvgIpc) is 3.00. The number of aliphatic hydroxyl groups is 1. The quantitative estimate of drug-likeness (QED) is 0.773. The third-order valence-corrected chi connectivity index (χ3v) is 5.92. The summed E-state index contributed by atoms with van der Waals surface area (Å²) in [5.41, 5.74) is 2.26. The molecule has 1 saturated carbocycles. The maximum Gasteiger partial charge on any atom is 0.333 e. The standard InChI is InChI=1S/C17H18N2O5S/c20-16(18-14-6-2-4-11-3-1-5-13(11)14)19-25(22,23)15-9-12(10-24-15)17(21)7-8-17/h2,4,6,9-10,21H,1,3,5,7-8H2,(H2,18,19,20). The van der Waals surface area contributed by atoms with Crippen LogP contribution in [-0.4, -0.2) is 19.6 Å². The topological polar surface area (TPSA) is 109 Å². The van der Waals surface area contributed by atoms with Crippen molar-refractivity contribution in [3.63, 3.8) is 0 Å². The predicted molar refractivity (Wildman–Crippen MR) is 89.6 cm³/mol.